The zero-order valence-electron chi connectivity index (χ0n) is 17.2. The van der Waals surface area contributed by atoms with Gasteiger partial charge in [-0.1, -0.05) is 47.5 Å². The highest BCUT2D eigenvalue weighted by molar-refractivity contribution is 9.10. The molecule has 0 unspecified atom stereocenters. The number of methoxy groups -OCH3 is 1. The Hall–Kier alpha value is -3.06. The van der Waals surface area contributed by atoms with Gasteiger partial charge in [0.05, 0.1) is 27.2 Å². The number of carbonyl (C=O) groups excluding carboxylic acids is 1. The van der Waals surface area contributed by atoms with Crippen LogP contribution in [-0.2, 0) is 0 Å². The van der Waals surface area contributed by atoms with Gasteiger partial charge in [0.2, 0.25) is 5.89 Å². The van der Waals surface area contributed by atoms with Gasteiger partial charge in [-0.15, -0.1) is 0 Å². The van der Waals surface area contributed by atoms with Crippen LogP contribution >= 0.6 is 39.1 Å². The Labute approximate surface area is 207 Å². The molecule has 1 amide bonds. The van der Waals surface area contributed by atoms with E-state index in [2.05, 4.69) is 26.2 Å². The molecule has 0 radical (unpaired) electrons. The molecule has 0 fully saturated rings. The highest BCUT2D eigenvalue weighted by atomic mass is 79.9. The van der Waals surface area contributed by atoms with Crippen LogP contribution in [0.25, 0.3) is 33.3 Å². The number of ether oxygens (including phenoxy) is 1. The van der Waals surface area contributed by atoms with Crippen LogP contribution in [0.15, 0.2) is 75.6 Å². The van der Waals surface area contributed by atoms with Crippen molar-refractivity contribution >= 4 is 72.6 Å². The number of nitrogens with one attached hydrogen (secondary N) is 1. The molecule has 8 heteroatoms. The van der Waals surface area contributed by atoms with Crippen molar-refractivity contribution in [3.8, 4) is 17.2 Å². The van der Waals surface area contributed by atoms with E-state index in [1.165, 1.54) is 7.11 Å². The lowest BCUT2D eigenvalue weighted by Crippen LogP contribution is -2.13. The van der Waals surface area contributed by atoms with Gasteiger partial charge in [0.15, 0.2) is 5.58 Å². The van der Waals surface area contributed by atoms with Crippen molar-refractivity contribution in [2.75, 3.05) is 12.4 Å². The van der Waals surface area contributed by atoms with E-state index in [-0.39, 0.29) is 5.91 Å². The maximum atomic E-state index is 13.1. The molecule has 5 aromatic rings. The van der Waals surface area contributed by atoms with E-state index >= 15 is 0 Å². The SMILES string of the molecule is COc1c(C(=O)Nc2ccc3oc(-c4ccc(Cl)c(Cl)c4)nc3c2)cc2ccccc2c1Br. The van der Waals surface area contributed by atoms with Gasteiger partial charge in [-0.2, -0.15) is 0 Å². The zero-order valence-corrected chi connectivity index (χ0v) is 20.3. The molecule has 1 aromatic heterocycles. The highest BCUT2D eigenvalue weighted by Gasteiger charge is 2.19. The lowest BCUT2D eigenvalue weighted by atomic mass is 10.1. The summed E-state index contributed by atoms with van der Waals surface area (Å²) >= 11 is 15.7. The van der Waals surface area contributed by atoms with Gasteiger partial charge in [-0.3, -0.25) is 4.79 Å². The molecule has 0 aliphatic rings. The lowest BCUT2D eigenvalue weighted by molar-refractivity contribution is 0.102. The highest BCUT2D eigenvalue weighted by Crippen LogP contribution is 2.37. The molecular weight excluding hydrogens is 527 g/mol. The van der Waals surface area contributed by atoms with Crippen LogP contribution in [0.2, 0.25) is 10.0 Å². The van der Waals surface area contributed by atoms with Crippen molar-refractivity contribution in [3.63, 3.8) is 0 Å². The smallest absolute Gasteiger partial charge is 0.259 e. The van der Waals surface area contributed by atoms with Gasteiger partial charge in [0.1, 0.15) is 11.3 Å². The first-order chi connectivity index (χ1) is 15.9. The van der Waals surface area contributed by atoms with E-state index in [9.17, 15) is 4.79 Å². The number of aromatic nitrogens is 1. The average Bonchev–Trinajstić information content (AvgIpc) is 3.24. The summed E-state index contributed by atoms with van der Waals surface area (Å²) in [5, 5.41) is 5.68. The van der Waals surface area contributed by atoms with Gasteiger partial charge in [-0.25, -0.2) is 4.98 Å². The van der Waals surface area contributed by atoms with E-state index in [1.54, 1.807) is 36.4 Å². The molecule has 0 bridgehead atoms. The number of benzene rings is 4. The number of hydrogen-bond acceptors (Lipinski definition) is 4. The number of anilines is 1. The Kier molecular flexibility index (Phi) is 5.74. The first kappa shape index (κ1) is 21.8. The van der Waals surface area contributed by atoms with Crippen LogP contribution in [0.1, 0.15) is 10.4 Å². The fraction of sp³-hybridized carbons (Fsp3) is 0.0400. The largest absolute Gasteiger partial charge is 0.495 e. The number of carbonyl (C=O) groups is 1. The topological polar surface area (TPSA) is 64.4 Å². The molecule has 4 aromatic carbocycles. The van der Waals surface area contributed by atoms with E-state index in [1.807, 2.05) is 30.3 Å². The molecule has 164 valence electrons. The van der Waals surface area contributed by atoms with E-state index in [0.717, 1.165) is 15.2 Å². The number of oxazole rings is 1. The van der Waals surface area contributed by atoms with Gasteiger partial charge >= 0.3 is 0 Å². The Bertz CT molecular complexity index is 1550. The number of hydrogen-bond donors (Lipinski definition) is 1. The third kappa shape index (κ3) is 4.06. The summed E-state index contributed by atoms with van der Waals surface area (Å²) in [7, 11) is 1.54. The number of fused-ring (bicyclic) bond motifs is 2. The maximum Gasteiger partial charge on any atom is 0.259 e. The quantitative estimate of drug-likeness (QED) is 0.250. The summed E-state index contributed by atoms with van der Waals surface area (Å²) in [6, 6.07) is 20.0. The monoisotopic (exact) mass is 540 g/mol. The minimum Gasteiger partial charge on any atom is -0.495 e. The molecule has 0 saturated carbocycles. The third-order valence-electron chi connectivity index (χ3n) is 5.20. The summed E-state index contributed by atoms with van der Waals surface area (Å²) < 4.78 is 12.1. The van der Waals surface area contributed by atoms with E-state index in [4.69, 9.17) is 32.4 Å². The van der Waals surface area contributed by atoms with Crippen molar-refractivity contribution in [3.05, 3.63) is 86.8 Å². The second-order valence-corrected chi connectivity index (χ2v) is 8.88. The number of nitrogens with zero attached hydrogens (tertiary/aromatic N) is 1. The standard InChI is InChI=1S/C25H15BrCl2N2O3/c1-32-23-17(10-13-4-2-3-5-16(13)22(23)26)24(31)29-15-7-9-21-20(12-15)30-25(33-21)14-6-8-18(27)19(28)11-14/h2-12H,1H3,(H,29,31). The predicted molar refractivity (Wildman–Crippen MR) is 136 cm³/mol. The molecule has 5 rings (SSSR count). The van der Waals surface area contributed by atoms with Crippen molar-refractivity contribution in [1.82, 2.24) is 4.98 Å². The van der Waals surface area contributed by atoms with Crippen LogP contribution in [0.4, 0.5) is 5.69 Å². The van der Waals surface area contributed by atoms with Gasteiger partial charge in [0, 0.05) is 11.3 Å². The van der Waals surface area contributed by atoms with Crippen LogP contribution < -0.4 is 10.1 Å². The lowest BCUT2D eigenvalue weighted by Gasteiger charge is -2.13. The molecule has 1 N–H and O–H groups in total. The summed E-state index contributed by atoms with van der Waals surface area (Å²) in [5.41, 5.74) is 2.88. The molecule has 33 heavy (non-hydrogen) atoms. The fourth-order valence-electron chi connectivity index (χ4n) is 3.61. The van der Waals surface area contributed by atoms with Crippen molar-refractivity contribution < 1.29 is 13.9 Å². The van der Waals surface area contributed by atoms with Crippen molar-refractivity contribution in [1.29, 1.82) is 0 Å². The first-order valence-corrected chi connectivity index (χ1v) is 11.4. The molecule has 0 spiro atoms. The van der Waals surface area contributed by atoms with Crippen LogP contribution in [-0.4, -0.2) is 18.0 Å². The summed E-state index contributed by atoms with van der Waals surface area (Å²) in [6.45, 7) is 0. The Balaban J connectivity index is 1.48. The fourth-order valence-corrected chi connectivity index (χ4v) is 4.64. The van der Waals surface area contributed by atoms with Crippen LogP contribution in [0.3, 0.4) is 0 Å². The normalized spacial score (nSPS) is 11.2. The Morgan fingerprint density at radius 1 is 1.03 bits per heavy atom. The van der Waals surface area contributed by atoms with Gasteiger partial charge < -0.3 is 14.5 Å². The van der Waals surface area contributed by atoms with Gasteiger partial charge in [-0.05, 0) is 69.2 Å². The number of rotatable bonds is 4. The van der Waals surface area contributed by atoms with Crippen molar-refractivity contribution in [2.45, 2.75) is 0 Å². The molecule has 0 saturated heterocycles. The van der Waals surface area contributed by atoms with Crippen LogP contribution in [0, 0.1) is 0 Å². The second-order valence-electron chi connectivity index (χ2n) is 7.28. The maximum absolute atomic E-state index is 13.1. The summed E-state index contributed by atoms with van der Waals surface area (Å²) in [4.78, 5) is 17.7. The Morgan fingerprint density at radius 3 is 2.64 bits per heavy atom. The average molecular weight is 542 g/mol. The van der Waals surface area contributed by atoms with Crippen molar-refractivity contribution in [2.24, 2.45) is 0 Å². The number of halogens is 3. The first-order valence-electron chi connectivity index (χ1n) is 9.87. The molecule has 0 aliphatic heterocycles. The molecule has 0 aliphatic carbocycles. The second kappa shape index (κ2) is 8.71. The zero-order chi connectivity index (χ0) is 23.1. The van der Waals surface area contributed by atoms with E-state index in [0.29, 0.717) is 49.6 Å². The summed E-state index contributed by atoms with van der Waals surface area (Å²) in [5.74, 6) is 0.577. The summed E-state index contributed by atoms with van der Waals surface area (Å²) in [6.07, 6.45) is 0. The minimum atomic E-state index is -0.300. The molecule has 0 atom stereocenters. The van der Waals surface area contributed by atoms with E-state index < -0.39 is 0 Å². The molecule has 5 nitrogen and oxygen atoms in total. The third-order valence-corrected chi connectivity index (χ3v) is 6.73. The Morgan fingerprint density at radius 2 is 1.85 bits per heavy atom. The van der Waals surface area contributed by atoms with Crippen LogP contribution in [0.5, 0.6) is 5.75 Å². The molecular formula is C25H15BrCl2N2O3. The predicted octanol–water partition coefficient (Wildman–Crippen LogP) is 7.98. The van der Waals surface area contributed by atoms with Gasteiger partial charge in [0.25, 0.3) is 5.91 Å². The molecule has 1 heterocycles. The number of amides is 1. The minimum absolute atomic E-state index is 0.300.